The second-order valence-electron chi connectivity index (χ2n) is 14.2. The van der Waals surface area contributed by atoms with Gasteiger partial charge in [0.2, 0.25) is 0 Å². The van der Waals surface area contributed by atoms with Gasteiger partial charge in [0.25, 0.3) is 0 Å². The Morgan fingerprint density at radius 3 is 2.46 bits per heavy atom. The minimum Gasteiger partial charge on any atom is -0.485 e. The Balaban J connectivity index is 1.20. The highest BCUT2D eigenvalue weighted by atomic mass is 16.5. The number of allylic oxidation sites excluding steroid dienone is 5. The molecule has 2 atom stereocenters. The molecule has 250 valence electrons. The van der Waals surface area contributed by atoms with Crippen LogP contribution in [0.25, 0.3) is 39.5 Å². The maximum atomic E-state index is 7.27. The predicted molar refractivity (Wildman–Crippen MR) is 210 cm³/mol. The smallest absolute Gasteiger partial charge is 0.132 e. The SMILES string of the molecule is C1=CCNC(c2ccc3c(c2)Oc2ccccc2C32C3=CC=CCC3Oc3c(-c4cccc5c4c4c(n5-c5ccccc5)CCC=C4)cccc32)=C1. The highest BCUT2D eigenvalue weighted by Crippen LogP contribution is 2.62. The fourth-order valence-electron chi connectivity index (χ4n) is 9.39. The van der Waals surface area contributed by atoms with Crippen LogP contribution in [-0.2, 0) is 11.8 Å². The average molecular weight is 673 g/mol. The van der Waals surface area contributed by atoms with Crippen molar-refractivity contribution in [3.8, 4) is 34.1 Å². The summed E-state index contributed by atoms with van der Waals surface area (Å²) in [7, 11) is 0. The van der Waals surface area contributed by atoms with Crippen LogP contribution in [-0.4, -0.2) is 17.2 Å². The molecule has 2 unspecified atom stereocenters. The van der Waals surface area contributed by atoms with E-state index in [-0.39, 0.29) is 6.10 Å². The van der Waals surface area contributed by atoms with Gasteiger partial charge >= 0.3 is 0 Å². The molecule has 0 radical (unpaired) electrons. The molecule has 0 saturated heterocycles. The van der Waals surface area contributed by atoms with Gasteiger partial charge in [0.15, 0.2) is 0 Å². The molecule has 3 aliphatic heterocycles. The Morgan fingerprint density at radius 1 is 0.712 bits per heavy atom. The minimum atomic E-state index is -0.612. The van der Waals surface area contributed by atoms with Crippen molar-refractivity contribution in [2.45, 2.75) is 30.8 Å². The van der Waals surface area contributed by atoms with E-state index < -0.39 is 5.41 Å². The molecule has 52 heavy (non-hydrogen) atoms. The fraction of sp³-hybridized carbons (Fsp3) is 0.125. The summed E-state index contributed by atoms with van der Waals surface area (Å²) < 4.78 is 16.6. The Labute approximate surface area is 303 Å². The summed E-state index contributed by atoms with van der Waals surface area (Å²) in [5.41, 5.74) is 13.7. The van der Waals surface area contributed by atoms with E-state index in [1.807, 2.05) is 0 Å². The number of dihydropyridines is 1. The third-order valence-corrected chi connectivity index (χ3v) is 11.5. The van der Waals surface area contributed by atoms with Gasteiger partial charge in [-0.15, -0.1) is 0 Å². The van der Waals surface area contributed by atoms with Crippen molar-refractivity contribution in [3.05, 3.63) is 191 Å². The zero-order valence-corrected chi connectivity index (χ0v) is 28.7. The molecule has 1 spiro atoms. The largest absolute Gasteiger partial charge is 0.485 e. The minimum absolute atomic E-state index is 0.132. The predicted octanol–water partition coefficient (Wildman–Crippen LogP) is 10.8. The molecule has 0 fully saturated rings. The van der Waals surface area contributed by atoms with Crippen molar-refractivity contribution >= 4 is 22.7 Å². The van der Waals surface area contributed by atoms with E-state index in [1.54, 1.807) is 0 Å². The number of hydrogen-bond acceptors (Lipinski definition) is 3. The molecule has 6 aromatic rings. The van der Waals surface area contributed by atoms with Gasteiger partial charge in [0, 0.05) is 68.8 Å². The zero-order valence-electron chi connectivity index (χ0n) is 28.7. The molecular weight excluding hydrogens is 637 g/mol. The topological polar surface area (TPSA) is 35.4 Å². The van der Waals surface area contributed by atoms with Crippen LogP contribution < -0.4 is 14.8 Å². The first kappa shape index (κ1) is 29.5. The van der Waals surface area contributed by atoms with E-state index in [2.05, 4.69) is 168 Å². The number of benzene rings is 5. The van der Waals surface area contributed by atoms with Crippen LogP contribution in [0.15, 0.2) is 157 Å². The number of ether oxygens (including phenoxy) is 2. The van der Waals surface area contributed by atoms with Crippen molar-refractivity contribution in [3.63, 3.8) is 0 Å². The second-order valence-corrected chi connectivity index (χ2v) is 14.2. The quantitative estimate of drug-likeness (QED) is 0.203. The Bertz CT molecular complexity index is 2620. The van der Waals surface area contributed by atoms with E-state index in [0.29, 0.717) is 0 Å². The summed E-state index contributed by atoms with van der Waals surface area (Å²) in [6, 6.07) is 39.7. The Kier molecular flexibility index (Phi) is 6.45. The molecule has 1 aromatic heterocycles. The van der Waals surface area contributed by atoms with E-state index in [0.717, 1.165) is 76.6 Å². The summed E-state index contributed by atoms with van der Waals surface area (Å²) in [4.78, 5) is 0. The van der Waals surface area contributed by atoms with Gasteiger partial charge in [0.05, 0.1) is 10.9 Å². The second kappa shape index (κ2) is 11.4. The summed E-state index contributed by atoms with van der Waals surface area (Å²) in [5.74, 6) is 2.70. The third-order valence-electron chi connectivity index (χ3n) is 11.5. The summed E-state index contributed by atoms with van der Waals surface area (Å²) in [5, 5.41) is 4.81. The normalized spacial score (nSPS) is 20.3. The number of fused-ring (bicyclic) bond motifs is 11. The Hall–Kier alpha value is -6.26. The van der Waals surface area contributed by atoms with Crippen LogP contribution in [0.2, 0.25) is 0 Å². The molecular formula is C48H36N2O2. The molecule has 5 aliphatic rings. The number of hydrogen-bond donors (Lipinski definition) is 1. The first-order valence-corrected chi connectivity index (χ1v) is 18.4. The van der Waals surface area contributed by atoms with Crippen molar-refractivity contribution in [2.75, 3.05) is 6.54 Å². The number of aromatic nitrogens is 1. The van der Waals surface area contributed by atoms with E-state index in [1.165, 1.54) is 39.0 Å². The molecule has 0 saturated carbocycles. The van der Waals surface area contributed by atoms with Gasteiger partial charge in [-0.25, -0.2) is 0 Å². The average Bonchev–Trinajstić information content (AvgIpc) is 3.56. The molecule has 4 heterocycles. The van der Waals surface area contributed by atoms with Crippen LogP contribution in [0.4, 0.5) is 0 Å². The molecule has 0 amide bonds. The van der Waals surface area contributed by atoms with E-state index >= 15 is 0 Å². The molecule has 1 N–H and O–H groups in total. The zero-order chi connectivity index (χ0) is 34.2. The molecule has 11 rings (SSSR count). The summed E-state index contributed by atoms with van der Waals surface area (Å²) in [6.07, 6.45) is 20.5. The number of nitrogens with one attached hydrogen (secondary N) is 1. The lowest BCUT2D eigenvalue weighted by molar-refractivity contribution is 0.202. The van der Waals surface area contributed by atoms with Gasteiger partial charge in [-0.2, -0.15) is 0 Å². The van der Waals surface area contributed by atoms with E-state index in [9.17, 15) is 0 Å². The molecule has 2 aliphatic carbocycles. The molecule has 5 aromatic carbocycles. The molecule has 4 nitrogen and oxygen atoms in total. The van der Waals surface area contributed by atoms with Gasteiger partial charge in [0.1, 0.15) is 23.4 Å². The van der Waals surface area contributed by atoms with Crippen LogP contribution in [0.5, 0.6) is 17.2 Å². The van der Waals surface area contributed by atoms with Gasteiger partial charge in [-0.05, 0) is 60.4 Å². The van der Waals surface area contributed by atoms with E-state index in [4.69, 9.17) is 9.47 Å². The first-order valence-electron chi connectivity index (χ1n) is 18.4. The van der Waals surface area contributed by atoms with Gasteiger partial charge in [-0.3, -0.25) is 0 Å². The van der Waals surface area contributed by atoms with Crippen molar-refractivity contribution < 1.29 is 9.47 Å². The summed E-state index contributed by atoms with van der Waals surface area (Å²) in [6.45, 7) is 0.811. The number of nitrogens with zero attached hydrogens (tertiary/aromatic N) is 1. The molecule has 4 heteroatoms. The number of rotatable bonds is 3. The fourth-order valence-corrected chi connectivity index (χ4v) is 9.39. The molecule has 0 bridgehead atoms. The van der Waals surface area contributed by atoms with Crippen LogP contribution >= 0.6 is 0 Å². The third kappa shape index (κ3) is 4.09. The van der Waals surface area contributed by atoms with Crippen molar-refractivity contribution in [1.82, 2.24) is 9.88 Å². The number of para-hydroxylation sites is 3. The maximum absolute atomic E-state index is 7.27. The van der Waals surface area contributed by atoms with Crippen LogP contribution in [0.3, 0.4) is 0 Å². The first-order chi connectivity index (χ1) is 25.8. The lowest BCUT2D eigenvalue weighted by atomic mass is 9.59. The lowest BCUT2D eigenvalue weighted by Gasteiger charge is -2.49. The maximum Gasteiger partial charge on any atom is 0.132 e. The van der Waals surface area contributed by atoms with Gasteiger partial charge < -0.3 is 19.4 Å². The standard InChI is InChI=1S/C48H36N2O2/c1-2-14-32(15-3-1)50-41-23-7-4-16-35(41)46-33(17-13-24-42(46)50)34-18-12-21-39-47(34)52-44-26-9-6-20-37(44)48(39)36-19-5-8-25-43(36)51-45-30-31(27-28-38(45)48)40-22-10-11-29-49-40/h1-6,8-22,24-25,27-28,30,44,49H,7,23,26,29H2. The highest BCUT2D eigenvalue weighted by molar-refractivity contribution is 6.05. The Morgan fingerprint density at radius 2 is 1.54 bits per heavy atom. The van der Waals surface area contributed by atoms with Crippen LogP contribution in [0.1, 0.15) is 46.4 Å². The highest BCUT2D eigenvalue weighted by Gasteiger charge is 2.53. The summed E-state index contributed by atoms with van der Waals surface area (Å²) >= 11 is 0. The lowest BCUT2D eigenvalue weighted by Crippen LogP contribution is -2.45. The van der Waals surface area contributed by atoms with Crippen LogP contribution in [0, 0.1) is 0 Å². The van der Waals surface area contributed by atoms with Crippen molar-refractivity contribution in [1.29, 1.82) is 0 Å². The van der Waals surface area contributed by atoms with Gasteiger partial charge in [-0.1, -0.05) is 121 Å². The monoisotopic (exact) mass is 672 g/mol. The van der Waals surface area contributed by atoms with Crippen molar-refractivity contribution in [2.24, 2.45) is 0 Å².